The Morgan fingerprint density at radius 2 is 1.00 bits per heavy atom. The number of hydrogen-bond donors (Lipinski definition) is 0. The molecule has 136 valence electrons. The molecule has 0 atom stereocenters. The first-order valence-electron chi connectivity index (χ1n) is 9.48. The van der Waals surface area contributed by atoms with Gasteiger partial charge >= 0.3 is 0 Å². The highest BCUT2D eigenvalue weighted by Crippen LogP contribution is 2.20. The molecule has 0 bridgehead atoms. The van der Waals surface area contributed by atoms with Crippen LogP contribution in [0.5, 0.6) is 0 Å². The van der Waals surface area contributed by atoms with Gasteiger partial charge in [0.05, 0.1) is 0 Å². The molecule has 0 heterocycles. The van der Waals surface area contributed by atoms with Crippen LogP contribution in [0.2, 0.25) is 0 Å². The smallest absolute Gasteiger partial charge is 0.0152 e. The monoisotopic (exact) mass is 336 g/mol. The van der Waals surface area contributed by atoms with Gasteiger partial charge in [0.25, 0.3) is 0 Å². The Bertz CT molecular complexity index is 702. The van der Waals surface area contributed by atoms with Crippen LogP contribution < -0.4 is 0 Å². The molecular weight excluding hydrogens is 300 g/mol. The highest BCUT2D eigenvalue weighted by Gasteiger charge is 1.97. The van der Waals surface area contributed by atoms with Gasteiger partial charge in [-0.2, -0.15) is 0 Å². The van der Waals surface area contributed by atoms with Crippen molar-refractivity contribution in [1.29, 1.82) is 0 Å². The Morgan fingerprint density at radius 3 is 1.48 bits per heavy atom. The van der Waals surface area contributed by atoms with Gasteiger partial charge in [0.2, 0.25) is 0 Å². The third-order valence-electron chi connectivity index (χ3n) is 3.89. The van der Waals surface area contributed by atoms with Crippen molar-refractivity contribution in [3.05, 3.63) is 82.9 Å². The summed E-state index contributed by atoms with van der Waals surface area (Å²) in [6.45, 7) is 16.8. The van der Waals surface area contributed by atoms with Gasteiger partial charge in [-0.3, -0.25) is 0 Å². The largest absolute Gasteiger partial charge is 0.0683 e. The minimum absolute atomic E-state index is 1.25. The number of benzene rings is 3. The van der Waals surface area contributed by atoms with E-state index in [2.05, 4.69) is 102 Å². The van der Waals surface area contributed by atoms with Crippen molar-refractivity contribution in [3.8, 4) is 0 Å². The Morgan fingerprint density at radius 1 is 0.560 bits per heavy atom. The van der Waals surface area contributed by atoms with Crippen molar-refractivity contribution in [2.45, 2.75) is 61.8 Å². The average molecular weight is 337 g/mol. The summed E-state index contributed by atoms with van der Waals surface area (Å²) in [6.07, 6.45) is 1.25. The summed E-state index contributed by atoms with van der Waals surface area (Å²) in [5.74, 6) is 0. The molecule has 25 heavy (non-hydrogen) atoms. The lowest BCUT2D eigenvalue weighted by molar-refractivity contribution is 1.09. The van der Waals surface area contributed by atoms with Gasteiger partial charge in [0.15, 0.2) is 0 Å². The lowest BCUT2D eigenvalue weighted by atomic mass is 10.0. The maximum Gasteiger partial charge on any atom is -0.0152 e. The first-order chi connectivity index (χ1) is 12.0. The zero-order valence-electron chi connectivity index (χ0n) is 17.5. The molecule has 0 saturated heterocycles. The maximum atomic E-state index is 2.18. The molecule has 0 aliphatic heterocycles. The Balaban J connectivity index is 0.000000385. The third-order valence-corrected chi connectivity index (χ3v) is 3.89. The highest BCUT2D eigenvalue weighted by atomic mass is 14.0. The summed E-state index contributed by atoms with van der Waals surface area (Å²) in [5, 5.41) is 2.71. The van der Waals surface area contributed by atoms with E-state index in [9.17, 15) is 0 Å². The highest BCUT2D eigenvalue weighted by molar-refractivity contribution is 5.86. The summed E-state index contributed by atoms with van der Waals surface area (Å²) in [5.41, 5.74) is 5.50. The molecule has 0 amide bonds. The third kappa shape index (κ3) is 8.03. The Kier molecular flexibility index (Phi) is 12.1. The van der Waals surface area contributed by atoms with E-state index in [1.807, 2.05) is 13.8 Å². The van der Waals surface area contributed by atoms with Crippen LogP contribution in [0.4, 0.5) is 0 Å². The maximum absolute atomic E-state index is 2.18. The number of hydrogen-bond acceptors (Lipinski definition) is 0. The van der Waals surface area contributed by atoms with Crippen LogP contribution >= 0.6 is 0 Å². The van der Waals surface area contributed by atoms with Crippen LogP contribution in [0, 0.1) is 27.7 Å². The van der Waals surface area contributed by atoms with Crippen molar-refractivity contribution in [2.24, 2.45) is 0 Å². The van der Waals surface area contributed by atoms with Crippen molar-refractivity contribution < 1.29 is 0 Å². The van der Waals surface area contributed by atoms with Gasteiger partial charge in [0.1, 0.15) is 0 Å². The summed E-state index contributed by atoms with van der Waals surface area (Å²) < 4.78 is 0. The summed E-state index contributed by atoms with van der Waals surface area (Å²) >= 11 is 0. The minimum Gasteiger partial charge on any atom is -0.0683 e. The summed E-state index contributed by atoms with van der Waals surface area (Å²) in [6, 6.07) is 21.2. The van der Waals surface area contributed by atoms with E-state index >= 15 is 0 Å². The van der Waals surface area contributed by atoms with E-state index in [1.54, 1.807) is 0 Å². The second-order valence-electron chi connectivity index (χ2n) is 6.02. The fraction of sp³-hybridized carbons (Fsp3) is 0.360. The molecule has 3 rings (SSSR count). The SMILES string of the molecule is CC.CCC.Cc1ccc2ccccc2c1C.Cc1ccccc1C. The van der Waals surface area contributed by atoms with Crippen molar-refractivity contribution in [3.63, 3.8) is 0 Å². The van der Waals surface area contributed by atoms with E-state index in [-0.39, 0.29) is 0 Å². The molecule has 3 aromatic rings. The van der Waals surface area contributed by atoms with Crippen LogP contribution in [0.3, 0.4) is 0 Å². The molecule has 0 fully saturated rings. The molecule has 0 aliphatic carbocycles. The van der Waals surface area contributed by atoms with Crippen molar-refractivity contribution >= 4 is 10.8 Å². The number of rotatable bonds is 0. The fourth-order valence-electron chi connectivity index (χ4n) is 2.20. The number of aryl methyl sites for hydroxylation is 4. The molecule has 0 aliphatic rings. The average Bonchev–Trinajstić information content (AvgIpc) is 2.64. The lowest BCUT2D eigenvalue weighted by Gasteiger charge is -2.04. The van der Waals surface area contributed by atoms with Gasteiger partial charge in [0, 0.05) is 0 Å². The van der Waals surface area contributed by atoms with Crippen LogP contribution in [-0.4, -0.2) is 0 Å². The fourth-order valence-corrected chi connectivity index (χ4v) is 2.20. The zero-order valence-corrected chi connectivity index (χ0v) is 17.5. The van der Waals surface area contributed by atoms with E-state index in [4.69, 9.17) is 0 Å². The van der Waals surface area contributed by atoms with Crippen molar-refractivity contribution in [2.75, 3.05) is 0 Å². The summed E-state index contributed by atoms with van der Waals surface area (Å²) in [4.78, 5) is 0. The molecule has 0 N–H and O–H groups in total. The van der Waals surface area contributed by atoms with E-state index in [1.165, 1.54) is 39.4 Å². The lowest BCUT2D eigenvalue weighted by Crippen LogP contribution is -1.82. The molecule has 0 heteroatoms. The predicted molar refractivity (Wildman–Crippen MR) is 117 cm³/mol. The first kappa shape index (κ1) is 22.9. The van der Waals surface area contributed by atoms with E-state index in [0.717, 1.165) is 0 Å². The Hall–Kier alpha value is -2.08. The van der Waals surface area contributed by atoms with E-state index in [0.29, 0.717) is 0 Å². The molecule has 0 nitrogen and oxygen atoms in total. The molecule has 0 aromatic heterocycles. The summed E-state index contributed by atoms with van der Waals surface area (Å²) in [7, 11) is 0. The molecule has 0 radical (unpaired) electrons. The number of fused-ring (bicyclic) bond motifs is 1. The van der Waals surface area contributed by atoms with Gasteiger partial charge in [-0.1, -0.05) is 94.8 Å². The normalized spacial score (nSPS) is 8.96. The van der Waals surface area contributed by atoms with Gasteiger partial charge in [-0.05, 0) is 60.7 Å². The first-order valence-corrected chi connectivity index (χ1v) is 9.48. The second kappa shape index (κ2) is 13.2. The molecule has 0 spiro atoms. The van der Waals surface area contributed by atoms with Crippen LogP contribution in [-0.2, 0) is 0 Å². The zero-order chi connectivity index (χ0) is 19.2. The quantitative estimate of drug-likeness (QED) is 0.388. The van der Waals surface area contributed by atoms with Crippen LogP contribution in [0.25, 0.3) is 10.8 Å². The van der Waals surface area contributed by atoms with Gasteiger partial charge < -0.3 is 0 Å². The van der Waals surface area contributed by atoms with E-state index < -0.39 is 0 Å². The Labute approximate surface area is 155 Å². The molecule has 0 saturated carbocycles. The predicted octanol–water partition coefficient (Wildman–Crippen LogP) is 8.20. The second-order valence-corrected chi connectivity index (χ2v) is 6.02. The molecular formula is C25H36. The van der Waals surface area contributed by atoms with Crippen molar-refractivity contribution in [1.82, 2.24) is 0 Å². The van der Waals surface area contributed by atoms with Crippen LogP contribution in [0.1, 0.15) is 56.4 Å². The van der Waals surface area contributed by atoms with Gasteiger partial charge in [-0.15, -0.1) is 0 Å². The van der Waals surface area contributed by atoms with Crippen LogP contribution in [0.15, 0.2) is 60.7 Å². The standard InChI is InChI=1S/C12H12.C8H10.C3H8.C2H6/c1-9-7-8-11-5-3-4-6-12(11)10(9)2;1-7-5-3-4-6-8(7)2;1-3-2;1-2/h3-8H,1-2H3;3-6H,1-2H3;3H2,1-2H3;1-2H3. The van der Waals surface area contributed by atoms with Gasteiger partial charge in [-0.25, -0.2) is 0 Å². The minimum atomic E-state index is 1.25. The molecule has 3 aromatic carbocycles. The molecule has 0 unspecified atom stereocenters. The topological polar surface area (TPSA) is 0 Å².